The first kappa shape index (κ1) is 18.3. The number of rotatable bonds is 9. The Morgan fingerprint density at radius 1 is 1.19 bits per heavy atom. The number of aryl methyl sites for hydroxylation is 1. The summed E-state index contributed by atoms with van der Waals surface area (Å²) in [6.07, 6.45) is 5.30. The third-order valence-corrected chi connectivity index (χ3v) is 5.65. The number of hydrogen-bond acceptors (Lipinski definition) is 4. The van der Waals surface area contributed by atoms with Crippen molar-refractivity contribution in [3.63, 3.8) is 0 Å². The highest BCUT2D eigenvalue weighted by atomic mass is 32.2. The number of benzene rings is 1. The molecule has 3 N–H and O–H groups in total. The maximum atomic E-state index is 12.5. The first-order chi connectivity index (χ1) is 9.96. The highest BCUT2D eigenvalue weighted by molar-refractivity contribution is 7.98. The molecule has 0 fully saturated rings. The molecule has 120 valence electrons. The first-order valence-electron chi connectivity index (χ1n) is 7.36. The Morgan fingerprint density at radius 2 is 1.90 bits per heavy atom. The SMILES string of the molecule is CCc1cc(N)c(CC)c(S(=O)(=O)NCCCCSC)c1. The predicted molar refractivity (Wildman–Crippen MR) is 92.4 cm³/mol. The van der Waals surface area contributed by atoms with Gasteiger partial charge in [-0.1, -0.05) is 13.8 Å². The number of nitrogens with one attached hydrogen (secondary N) is 1. The van der Waals surface area contributed by atoms with Crippen LogP contribution in [0.4, 0.5) is 5.69 Å². The van der Waals surface area contributed by atoms with Crippen LogP contribution in [0.2, 0.25) is 0 Å². The van der Waals surface area contributed by atoms with Crippen molar-refractivity contribution in [2.45, 2.75) is 44.4 Å². The van der Waals surface area contributed by atoms with Gasteiger partial charge in [-0.05, 0) is 61.0 Å². The Kier molecular flexibility index (Phi) is 7.56. The van der Waals surface area contributed by atoms with Crippen LogP contribution >= 0.6 is 11.8 Å². The zero-order chi connectivity index (χ0) is 15.9. The number of anilines is 1. The van der Waals surface area contributed by atoms with E-state index in [2.05, 4.69) is 11.0 Å². The highest BCUT2D eigenvalue weighted by Gasteiger charge is 2.19. The van der Waals surface area contributed by atoms with E-state index in [4.69, 9.17) is 5.73 Å². The molecule has 4 nitrogen and oxygen atoms in total. The number of hydrogen-bond donors (Lipinski definition) is 2. The molecular formula is C15H26N2O2S2. The van der Waals surface area contributed by atoms with E-state index in [9.17, 15) is 8.42 Å². The Hall–Kier alpha value is -0.720. The molecule has 1 aromatic rings. The van der Waals surface area contributed by atoms with Crippen molar-refractivity contribution in [1.29, 1.82) is 0 Å². The monoisotopic (exact) mass is 330 g/mol. The number of sulfonamides is 1. The number of nitrogens with two attached hydrogens (primary N) is 1. The molecule has 0 atom stereocenters. The minimum Gasteiger partial charge on any atom is -0.398 e. The van der Waals surface area contributed by atoms with Crippen LogP contribution in [0.1, 0.15) is 37.8 Å². The van der Waals surface area contributed by atoms with E-state index >= 15 is 0 Å². The fraction of sp³-hybridized carbons (Fsp3) is 0.600. The van der Waals surface area contributed by atoms with E-state index in [1.807, 2.05) is 19.9 Å². The summed E-state index contributed by atoms with van der Waals surface area (Å²) in [6, 6.07) is 3.62. The lowest BCUT2D eigenvalue weighted by molar-refractivity contribution is 0.577. The molecule has 21 heavy (non-hydrogen) atoms. The molecule has 6 heteroatoms. The molecule has 0 aromatic heterocycles. The average molecular weight is 331 g/mol. The molecule has 0 amide bonds. The van der Waals surface area contributed by atoms with E-state index in [0.29, 0.717) is 29.1 Å². The summed E-state index contributed by atoms with van der Waals surface area (Å²) >= 11 is 1.78. The smallest absolute Gasteiger partial charge is 0.240 e. The van der Waals surface area contributed by atoms with Crippen LogP contribution in [0.3, 0.4) is 0 Å². The van der Waals surface area contributed by atoms with Crippen molar-refractivity contribution in [3.8, 4) is 0 Å². The molecule has 0 unspecified atom stereocenters. The molecule has 1 aromatic carbocycles. The summed E-state index contributed by atoms with van der Waals surface area (Å²) < 4.78 is 27.7. The third kappa shape index (κ3) is 5.20. The number of nitrogen functional groups attached to an aromatic ring is 1. The maximum Gasteiger partial charge on any atom is 0.240 e. The van der Waals surface area contributed by atoms with Crippen LogP contribution in [-0.4, -0.2) is 27.0 Å². The molecule has 0 saturated carbocycles. The number of unbranched alkanes of at least 4 members (excludes halogenated alkanes) is 1. The van der Waals surface area contributed by atoms with Gasteiger partial charge in [-0.3, -0.25) is 0 Å². The van der Waals surface area contributed by atoms with Gasteiger partial charge < -0.3 is 5.73 Å². The molecular weight excluding hydrogens is 304 g/mol. The van der Waals surface area contributed by atoms with Crippen molar-refractivity contribution in [3.05, 3.63) is 23.3 Å². The van der Waals surface area contributed by atoms with Crippen LogP contribution in [-0.2, 0) is 22.9 Å². The van der Waals surface area contributed by atoms with Crippen molar-refractivity contribution in [2.75, 3.05) is 24.3 Å². The topological polar surface area (TPSA) is 72.2 Å². The Bertz CT molecular complexity index is 557. The lowest BCUT2D eigenvalue weighted by Crippen LogP contribution is -2.26. The zero-order valence-electron chi connectivity index (χ0n) is 13.1. The fourth-order valence-electron chi connectivity index (χ4n) is 2.20. The van der Waals surface area contributed by atoms with Gasteiger partial charge in [-0.25, -0.2) is 13.1 Å². The lowest BCUT2D eigenvalue weighted by atomic mass is 10.1. The van der Waals surface area contributed by atoms with Crippen LogP contribution in [0.25, 0.3) is 0 Å². The normalized spacial score (nSPS) is 11.8. The van der Waals surface area contributed by atoms with Gasteiger partial charge >= 0.3 is 0 Å². The molecule has 0 aliphatic heterocycles. The van der Waals surface area contributed by atoms with Gasteiger partial charge in [0.05, 0.1) is 4.90 Å². The van der Waals surface area contributed by atoms with Gasteiger partial charge in [0.2, 0.25) is 10.0 Å². The minimum atomic E-state index is -3.48. The number of thioether (sulfide) groups is 1. The van der Waals surface area contributed by atoms with E-state index in [1.54, 1.807) is 17.8 Å². The van der Waals surface area contributed by atoms with Gasteiger partial charge in [-0.15, -0.1) is 0 Å². The van der Waals surface area contributed by atoms with E-state index < -0.39 is 10.0 Å². The Morgan fingerprint density at radius 3 is 2.48 bits per heavy atom. The predicted octanol–water partition coefficient (Wildman–Crippen LogP) is 2.82. The summed E-state index contributed by atoms with van der Waals surface area (Å²) in [5.41, 5.74) is 8.24. The van der Waals surface area contributed by atoms with Gasteiger partial charge in [0, 0.05) is 12.2 Å². The molecule has 0 aliphatic carbocycles. The van der Waals surface area contributed by atoms with E-state index in [-0.39, 0.29) is 0 Å². The second-order valence-electron chi connectivity index (χ2n) is 4.97. The largest absolute Gasteiger partial charge is 0.398 e. The summed E-state index contributed by atoms with van der Waals surface area (Å²) in [4.78, 5) is 0.340. The first-order valence-corrected chi connectivity index (χ1v) is 10.2. The third-order valence-electron chi connectivity index (χ3n) is 3.42. The van der Waals surface area contributed by atoms with Gasteiger partial charge in [0.25, 0.3) is 0 Å². The highest BCUT2D eigenvalue weighted by Crippen LogP contribution is 2.25. The standard InChI is InChI=1S/C15H26N2O2S2/c1-4-12-10-14(16)13(5-2)15(11-12)21(18,19)17-8-6-7-9-20-3/h10-11,17H,4-9,16H2,1-3H3. The Balaban J connectivity index is 2.93. The molecule has 0 saturated heterocycles. The average Bonchev–Trinajstić information content (AvgIpc) is 2.46. The van der Waals surface area contributed by atoms with Gasteiger partial charge in [0.15, 0.2) is 0 Å². The molecule has 0 heterocycles. The molecule has 0 bridgehead atoms. The van der Waals surface area contributed by atoms with Crippen molar-refractivity contribution < 1.29 is 8.42 Å². The molecule has 0 aliphatic rings. The zero-order valence-corrected chi connectivity index (χ0v) is 14.7. The van der Waals surface area contributed by atoms with Gasteiger partial charge in [0.1, 0.15) is 0 Å². The second kappa shape index (κ2) is 8.66. The fourth-order valence-corrected chi connectivity index (χ4v) is 4.16. The van der Waals surface area contributed by atoms with E-state index in [0.717, 1.165) is 30.6 Å². The van der Waals surface area contributed by atoms with Crippen molar-refractivity contribution in [1.82, 2.24) is 4.72 Å². The van der Waals surface area contributed by atoms with Crippen molar-refractivity contribution >= 4 is 27.5 Å². The molecule has 0 radical (unpaired) electrons. The van der Waals surface area contributed by atoms with Crippen LogP contribution < -0.4 is 10.5 Å². The molecule has 0 spiro atoms. The second-order valence-corrected chi connectivity index (χ2v) is 7.69. The summed E-state index contributed by atoms with van der Waals surface area (Å²) in [6.45, 7) is 4.39. The minimum absolute atomic E-state index is 0.340. The summed E-state index contributed by atoms with van der Waals surface area (Å²) in [5, 5.41) is 0. The summed E-state index contributed by atoms with van der Waals surface area (Å²) in [5.74, 6) is 1.06. The van der Waals surface area contributed by atoms with Crippen molar-refractivity contribution in [2.24, 2.45) is 0 Å². The van der Waals surface area contributed by atoms with Gasteiger partial charge in [-0.2, -0.15) is 11.8 Å². The Labute approximate surface area is 132 Å². The summed E-state index contributed by atoms with van der Waals surface area (Å²) in [7, 11) is -3.48. The quantitative estimate of drug-likeness (QED) is 0.539. The maximum absolute atomic E-state index is 12.5. The lowest BCUT2D eigenvalue weighted by Gasteiger charge is -2.14. The van der Waals surface area contributed by atoms with Crippen LogP contribution in [0.15, 0.2) is 17.0 Å². The van der Waals surface area contributed by atoms with Crippen LogP contribution in [0.5, 0.6) is 0 Å². The molecule has 1 rings (SSSR count). The van der Waals surface area contributed by atoms with Crippen LogP contribution in [0, 0.1) is 0 Å². The van der Waals surface area contributed by atoms with E-state index in [1.165, 1.54) is 0 Å².